The Balaban J connectivity index is 1.66. The molecule has 0 saturated heterocycles. The summed E-state index contributed by atoms with van der Waals surface area (Å²) in [4.78, 5) is 15.9. The van der Waals surface area contributed by atoms with E-state index in [4.69, 9.17) is 4.74 Å². The first-order valence-electron chi connectivity index (χ1n) is 8.56. The number of rotatable bonds is 4. The number of benzene rings is 3. The number of esters is 1. The van der Waals surface area contributed by atoms with Gasteiger partial charge in [0.05, 0.1) is 6.61 Å². The van der Waals surface area contributed by atoms with Crippen molar-refractivity contribution in [3.63, 3.8) is 0 Å². The summed E-state index contributed by atoms with van der Waals surface area (Å²) in [6, 6.07) is 22.9. The number of fused-ring (bicyclic) bond motifs is 1. The molecule has 0 amide bonds. The molecule has 4 aromatic rings. The molecule has 0 aliphatic carbocycles. The molecule has 3 aromatic carbocycles. The van der Waals surface area contributed by atoms with Gasteiger partial charge in [-0.25, -0.2) is 9.78 Å². The fourth-order valence-corrected chi connectivity index (χ4v) is 3.06. The van der Waals surface area contributed by atoms with Gasteiger partial charge >= 0.3 is 5.97 Å². The zero-order chi connectivity index (χ0) is 17.9. The van der Waals surface area contributed by atoms with Gasteiger partial charge in [-0.05, 0) is 41.0 Å². The minimum Gasteiger partial charge on any atom is -0.461 e. The van der Waals surface area contributed by atoms with Gasteiger partial charge in [0.15, 0.2) is 5.69 Å². The van der Waals surface area contributed by atoms with Crippen LogP contribution >= 0.6 is 0 Å². The maximum Gasteiger partial charge on any atom is 0.358 e. The van der Waals surface area contributed by atoms with E-state index in [2.05, 4.69) is 59.6 Å². The fraction of sp³-hybridized carbons (Fsp3) is 0.0909. The van der Waals surface area contributed by atoms with Gasteiger partial charge in [-0.2, -0.15) is 0 Å². The molecule has 128 valence electrons. The third-order valence-electron chi connectivity index (χ3n) is 4.33. The molecule has 0 unspecified atom stereocenters. The van der Waals surface area contributed by atoms with Crippen molar-refractivity contribution in [2.45, 2.75) is 6.92 Å². The Hall–Kier alpha value is -3.40. The average molecular weight is 342 g/mol. The van der Waals surface area contributed by atoms with Gasteiger partial charge in [-0.15, -0.1) is 0 Å². The standard InChI is InChI=1S/C22H18N2O2/c1-2-26-22(25)21-14-24(15-23-21)18-12-10-17(11-13-18)20-9-5-7-16-6-3-4-8-19(16)20/h3-15H,2H2,1H3. The summed E-state index contributed by atoms with van der Waals surface area (Å²) in [6.07, 6.45) is 3.31. The van der Waals surface area contributed by atoms with Crippen LogP contribution in [0.5, 0.6) is 0 Å². The number of hydrogen-bond donors (Lipinski definition) is 0. The van der Waals surface area contributed by atoms with E-state index in [1.807, 2.05) is 16.7 Å². The van der Waals surface area contributed by atoms with Crippen LogP contribution in [0.3, 0.4) is 0 Å². The largest absolute Gasteiger partial charge is 0.461 e. The molecule has 0 spiro atoms. The minimum absolute atomic E-state index is 0.310. The second-order valence-corrected chi connectivity index (χ2v) is 5.96. The van der Waals surface area contributed by atoms with Crippen molar-refractivity contribution in [1.29, 1.82) is 0 Å². The van der Waals surface area contributed by atoms with Crippen molar-refractivity contribution in [2.75, 3.05) is 6.61 Å². The number of imidazole rings is 1. The molecular weight excluding hydrogens is 324 g/mol. The van der Waals surface area contributed by atoms with Crippen LogP contribution < -0.4 is 0 Å². The van der Waals surface area contributed by atoms with Crippen molar-refractivity contribution in [3.05, 3.63) is 84.9 Å². The molecule has 0 aliphatic rings. The Morgan fingerprint density at radius 3 is 2.58 bits per heavy atom. The number of carbonyl (C=O) groups excluding carboxylic acids is 1. The van der Waals surface area contributed by atoms with Crippen LogP contribution in [0.2, 0.25) is 0 Å². The predicted octanol–water partition coefficient (Wildman–Crippen LogP) is 4.87. The number of aromatic nitrogens is 2. The van der Waals surface area contributed by atoms with Crippen LogP contribution in [0.1, 0.15) is 17.4 Å². The van der Waals surface area contributed by atoms with Crippen LogP contribution in [0.4, 0.5) is 0 Å². The van der Waals surface area contributed by atoms with Gasteiger partial charge in [-0.3, -0.25) is 0 Å². The summed E-state index contributed by atoms with van der Waals surface area (Å²) in [5.74, 6) is -0.404. The van der Waals surface area contributed by atoms with E-state index < -0.39 is 5.97 Å². The summed E-state index contributed by atoms with van der Waals surface area (Å²) in [5.41, 5.74) is 3.60. The SMILES string of the molecule is CCOC(=O)c1cn(-c2ccc(-c3cccc4ccccc34)cc2)cn1. The Labute approximate surface area is 151 Å². The van der Waals surface area contributed by atoms with E-state index in [1.54, 1.807) is 19.4 Å². The van der Waals surface area contributed by atoms with Gasteiger partial charge in [0.1, 0.15) is 6.33 Å². The summed E-state index contributed by atoms with van der Waals surface area (Å²) in [6.45, 7) is 2.12. The van der Waals surface area contributed by atoms with E-state index >= 15 is 0 Å². The Bertz CT molecular complexity index is 1060. The lowest BCUT2D eigenvalue weighted by molar-refractivity contribution is 0.0520. The normalized spacial score (nSPS) is 10.8. The van der Waals surface area contributed by atoms with Crippen LogP contribution in [-0.2, 0) is 4.74 Å². The lowest BCUT2D eigenvalue weighted by Gasteiger charge is -2.08. The first-order chi connectivity index (χ1) is 12.8. The molecule has 0 aliphatic heterocycles. The smallest absolute Gasteiger partial charge is 0.358 e. The molecular formula is C22H18N2O2. The molecule has 0 atom stereocenters. The van der Waals surface area contributed by atoms with Crippen LogP contribution in [0.15, 0.2) is 79.3 Å². The summed E-state index contributed by atoms with van der Waals surface area (Å²) >= 11 is 0. The van der Waals surface area contributed by atoms with Crippen LogP contribution in [-0.4, -0.2) is 22.1 Å². The number of carbonyl (C=O) groups is 1. The van der Waals surface area contributed by atoms with Gasteiger partial charge < -0.3 is 9.30 Å². The molecule has 26 heavy (non-hydrogen) atoms. The van der Waals surface area contributed by atoms with Crippen LogP contribution in [0, 0.1) is 0 Å². The molecule has 0 N–H and O–H groups in total. The number of hydrogen-bond acceptors (Lipinski definition) is 3. The minimum atomic E-state index is -0.404. The van der Waals surface area contributed by atoms with Crippen molar-refractivity contribution in [3.8, 4) is 16.8 Å². The quantitative estimate of drug-likeness (QED) is 0.497. The Kier molecular flexibility index (Phi) is 4.23. The maximum absolute atomic E-state index is 11.8. The monoisotopic (exact) mass is 342 g/mol. The highest BCUT2D eigenvalue weighted by Gasteiger charge is 2.11. The third kappa shape index (κ3) is 2.97. The predicted molar refractivity (Wildman–Crippen MR) is 102 cm³/mol. The zero-order valence-corrected chi connectivity index (χ0v) is 14.4. The van der Waals surface area contributed by atoms with Gasteiger partial charge in [0.2, 0.25) is 0 Å². The van der Waals surface area contributed by atoms with E-state index in [-0.39, 0.29) is 0 Å². The highest BCUT2D eigenvalue weighted by atomic mass is 16.5. The van der Waals surface area contributed by atoms with Gasteiger partial charge in [0, 0.05) is 11.9 Å². The lowest BCUT2D eigenvalue weighted by atomic mass is 9.98. The van der Waals surface area contributed by atoms with E-state index in [0.29, 0.717) is 12.3 Å². The number of ether oxygens (including phenoxy) is 1. The topological polar surface area (TPSA) is 44.1 Å². The third-order valence-corrected chi connectivity index (χ3v) is 4.33. The van der Waals surface area contributed by atoms with Crippen molar-refractivity contribution >= 4 is 16.7 Å². The molecule has 0 saturated carbocycles. The lowest BCUT2D eigenvalue weighted by Crippen LogP contribution is -2.04. The second kappa shape index (κ2) is 6.84. The van der Waals surface area contributed by atoms with Crippen molar-refractivity contribution in [1.82, 2.24) is 9.55 Å². The first kappa shape index (κ1) is 16.1. The molecule has 0 fully saturated rings. The summed E-state index contributed by atoms with van der Waals surface area (Å²) in [7, 11) is 0. The Morgan fingerprint density at radius 1 is 1.00 bits per heavy atom. The molecule has 4 rings (SSSR count). The maximum atomic E-state index is 11.8. The number of nitrogens with zero attached hydrogens (tertiary/aromatic N) is 2. The molecule has 4 heteroatoms. The molecule has 1 heterocycles. The van der Waals surface area contributed by atoms with Gasteiger partial charge in [-0.1, -0.05) is 54.6 Å². The molecule has 0 radical (unpaired) electrons. The van der Waals surface area contributed by atoms with E-state index in [1.165, 1.54) is 16.3 Å². The van der Waals surface area contributed by atoms with Crippen molar-refractivity contribution < 1.29 is 9.53 Å². The molecule has 4 nitrogen and oxygen atoms in total. The fourth-order valence-electron chi connectivity index (χ4n) is 3.06. The Morgan fingerprint density at radius 2 is 1.77 bits per heavy atom. The summed E-state index contributed by atoms with van der Waals surface area (Å²) < 4.78 is 6.80. The van der Waals surface area contributed by atoms with Crippen molar-refractivity contribution in [2.24, 2.45) is 0 Å². The highest BCUT2D eigenvalue weighted by Crippen LogP contribution is 2.29. The molecule has 1 aromatic heterocycles. The van der Waals surface area contributed by atoms with Gasteiger partial charge in [0.25, 0.3) is 0 Å². The highest BCUT2D eigenvalue weighted by molar-refractivity contribution is 5.96. The first-order valence-corrected chi connectivity index (χ1v) is 8.56. The van der Waals surface area contributed by atoms with E-state index in [0.717, 1.165) is 11.3 Å². The second-order valence-electron chi connectivity index (χ2n) is 5.96. The average Bonchev–Trinajstić information content (AvgIpc) is 3.18. The summed E-state index contributed by atoms with van der Waals surface area (Å²) in [5, 5.41) is 2.46. The molecule has 0 bridgehead atoms. The van der Waals surface area contributed by atoms with Crippen LogP contribution in [0.25, 0.3) is 27.6 Å². The van der Waals surface area contributed by atoms with E-state index in [9.17, 15) is 4.79 Å². The zero-order valence-electron chi connectivity index (χ0n) is 14.4.